The molecule has 0 unspecified atom stereocenters. The molecule has 0 bridgehead atoms. The van der Waals surface area contributed by atoms with E-state index in [4.69, 9.17) is 16.3 Å². The Balaban J connectivity index is 0.956. The smallest absolute Gasteiger partial charge is 0.453 e. The molecule has 18 heteroatoms. The number of aromatic amines is 1. The van der Waals surface area contributed by atoms with Crippen LogP contribution in [0.15, 0.2) is 60.9 Å². The molecule has 3 N–H and O–H groups in total. The van der Waals surface area contributed by atoms with E-state index in [-0.39, 0.29) is 69.0 Å². The third kappa shape index (κ3) is 9.35. The Morgan fingerprint density at radius 1 is 0.984 bits per heavy atom. The van der Waals surface area contributed by atoms with Gasteiger partial charge in [0.2, 0.25) is 11.8 Å². The second-order valence-corrected chi connectivity index (χ2v) is 18.7. The second kappa shape index (κ2) is 17.3. The molecule has 0 spiro atoms. The zero-order valence-electron chi connectivity index (χ0n) is 36.5. The van der Waals surface area contributed by atoms with Crippen LogP contribution in [0, 0.1) is 23.2 Å². The van der Waals surface area contributed by atoms with Gasteiger partial charge in [0.25, 0.3) is 5.91 Å². The summed E-state index contributed by atoms with van der Waals surface area (Å²) < 4.78 is 50.7. The first-order valence-electron chi connectivity index (χ1n) is 21.6. The number of fused-ring (bicyclic) bond motifs is 1. The van der Waals surface area contributed by atoms with E-state index in [9.17, 15) is 32.3 Å². The van der Waals surface area contributed by atoms with Crippen molar-refractivity contribution in [1.82, 2.24) is 30.1 Å². The van der Waals surface area contributed by atoms with Gasteiger partial charge in [-0.25, -0.2) is 14.8 Å². The van der Waals surface area contributed by atoms with E-state index < -0.39 is 30.2 Å². The number of alkyl carbamates (subject to hydrolysis) is 1. The number of hydrogen-bond donors (Lipinski definition) is 3. The average Bonchev–Trinajstić information content (AvgIpc) is 4.12. The fourth-order valence-corrected chi connectivity index (χ4v) is 9.34. The highest BCUT2D eigenvalue weighted by molar-refractivity contribution is 6.34. The SMILES string of the molecule is COC(=O)N[C@H](C(=O)N1[C@@H]2C[C@@H]2CC[C@H]1c1ncc(-c2ccc(-c3cc(Cl)c(NC(=O)c4ccc(N5CCN(C(=O)[C@H]6CC6(C)C)C[C@H]5C)nc4)cc3OC(F)(F)F)cc2)[nH]1)C(C)C. The van der Waals surface area contributed by atoms with Gasteiger partial charge in [0.05, 0.1) is 41.3 Å². The number of carbonyl (C=O) groups excluding carboxylic acids is 4. The Labute approximate surface area is 374 Å². The van der Waals surface area contributed by atoms with E-state index in [1.165, 1.54) is 19.4 Å². The summed E-state index contributed by atoms with van der Waals surface area (Å²) in [6.07, 6.45) is 0.697. The van der Waals surface area contributed by atoms with Gasteiger partial charge in [0, 0.05) is 55.5 Å². The number of carbonyl (C=O) groups is 4. The topological polar surface area (TPSA) is 162 Å². The maximum absolute atomic E-state index is 13.9. The third-order valence-electron chi connectivity index (χ3n) is 13.1. The monoisotopic (exact) mass is 904 g/mol. The molecule has 4 aromatic rings. The molecule has 2 aliphatic heterocycles. The van der Waals surface area contributed by atoms with Crippen LogP contribution in [0.1, 0.15) is 82.5 Å². The molecule has 4 amide bonds. The van der Waals surface area contributed by atoms with E-state index >= 15 is 0 Å². The quantitative estimate of drug-likeness (QED) is 0.134. The van der Waals surface area contributed by atoms with Crippen LogP contribution in [0.25, 0.3) is 22.4 Å². The van der Waals surface area contributed by atoms with Crippen molar-refractivity contribution < 1.29 is 41.8 Å². The summed E-state index contributed by atoms with van der Waals surface area (Å²) in [5.74, 6) is 0.275. The van der Waals surface area contributed by atoms with Gasteiger partial charge in [-0.3, -0.25) is 14.4 Å². The Bertz CT molecular complexity index is 2430. The Kier molecular flexibility index (Phi) is 12.1. The number of rotatable bonds is 11. The lowest BCUT2D eigenvalue weighted by atomic mass is 9.97. The highest BCUT2D eigenvalue weighted by atomic mass is 35.5. The van der Waals surface area contributed by atoms with E-state index in [1.54, 1.807) is 42.6 Å². The van der Waals surface area contributed by atoms with E-state index in [2.05, 4.69) is 49.1 Å². The number of pyridine rings is 1. The molecule has 14 nitrogen and oxygen atoms in total. The number of aromatic nitrogens is 3. The molecule has 4 fully saturated rings. The molecular formula is C46H52ClF3N8O6. The molecule has 2 aromatic carbocycles. The van der Waals surface area contributed by atoms with Gasteiger partial charge in [-0.2, -0.15) is 0 Å². The number of ether oxygens (including phenoxy) is 2. The Hall–Kier alpha value is -5.84. The number of halogens is 4. The number of piperazine rings is 1. The van der Waals surface area contributed by atoms with Crippen LogP contribution in [0.3, 0.4) is 0 Å². The van der Waals surface area contributed by atoms with Crippen molar-refractivity contribution in [3.8, 4) is 28.1 Å². The number of imidazole rings is 1. The number of hydrogen-bond acceptors (Lipinski definition) is 9. The van der Waals surface area contributed by atoms with Crippen LogP contribution >= 0.6 is 11.6 Å². The van der Waals surface area contributed by atoms with Crippen LogP contribution in [-0.4, -0.2) is 99.8 Å². The summed E-state index contributed by atoms with van der Waals surface area (Å²) in [4.78, 5) is 70.8. The van der Waals surface area contributed by atoms with E-state index in [0.29, 0.717) is 60.4 Å². The fraction of sp³-hybridized carbons (Fsp3) is 0.478. The second-order valence-electron chi connectivity index (χ2n) is 18.3. The molecular weight excluding hydrogens is 853 g/mol. The minimum absolute atomic E-state index is 0.00448. The van der Waals surface area contributed by atoms with Gasteiger partial charge in [-0.1, -0.05) is 63.6 Å². The van der Waals surface area contributed by atoms with Crippen LogP contribution in [0.4, 0.5) is 29.5 Å². The molecule has 4 aliphatic rings. The van der Waals surface area contributed by atoms with Crippen molar-refractivity contribution >= 4 is 46.9 Å². The highest BCUT2D eigenvalue weighted by Crippen LogP contribution is 2.53. The summed E-state index contributed by atoms with van der Waals surface area (Å²) in [7, 11) is 1.25. The van der Waals surface area contributed by atoms with Crippen molar-refractivity contribution in [2.75, 3.05) is 37.0 Å². The first kappa shape index (κ1) is 44.8. The molecule has 6 atom stereocenters. The fourth-order valence-electron chi connectivity index (χ4n) is 9.13. The molecule has 2 saturated heterocycles. The number of H-pyrrole nitrogens is 1. The Morgan fingerprint density at radius 2 is 1.70 bits per heavy atom. The van der Waals surface area contributed by atoms with Gasteiger partial charge in [0.15, 0.2) is 0 Å². The predicted molar refractivity (Wildman–Crippen MR) is 234 cm³/mol. The first-order chi connectivity index (χ1) is 30.3. The number of nitrogens with zero attached hydrogens (tertiary/aromatic N) is 5. The number of piperidine rings is 1. The number of likely N-dealkylation sites (tertiary alicyclic amines) is 1. The molecule has 2 saturated carbocycles. The van der Waals surface area contributed by atoms with E-state index in [1.807, 2.05) is 30.6 Å². The molecule has 2 aliphatic carbocycles. The number of nitrogens with one attached hydrogen (secondary N) is 3. The van der Waals surface area contributed by atoms with Crippen molar-refractivity contribution in [2.45, 2.75) is 90.8 Å². The van der Waals surface area contributed by atoms with Gasteiger partial charge >= 0.3 is 12.5 Å². The van der Waals surface area contributed by atoms with Crippen molar-refractivity contribution in [3.05, 3.63) is 77.3 Å². The lowest BCUT2D eigenvalue weighted by Crippen LogP contribution is -2.54. The maximum Gasteiger partial charge on any atom is 0.573 e. The molecule has 340 valence electrons. The number of alkyl halides is 3. The molecule has 2 aromatic heterocycles. The largest absolute Gasteiger partial charge is 0.573 e. The van der Waals surface area contributed by atoms with Crippen LogP contribution < -0.4 is 20.3 Å². The molecule has 64 heavy (non-hydrogen) atoms. The number of amides is 4. The van der Waals surface area contributed by atoms with E-state index in [0.717, 1.165) is 25.3 Å². The number of anilines is 2. The molecule has 8 rings (SSSR count). The van der Waals surface area contributed by atoms with Crippen molar-refractivity contribution in [2.24, 2.45) is 23.2 Å². The third-order valence-corrected chi connectivity index (χ3v) is 13.4. The van der Waals surface area contributed by atoms with Crippen molar-refractivity contribution in [1.29, 1.82) is 0 Å². The van der Waals surface area contributed by atoms with Gasteiger partial charge < -0.3 is 39.8 Å². The van der Waals surface area contributed by atoms with Gasteiger partial charge in [-0.05, 0) is 79.2 Å². The first-order valence-corrected chi connectivity index (χ1v) is 21.9. The summed E-state index contributed by atoms with van der Waals surface area (Å²) in [5, 5.41) is 5.27. The minimum Gasteiger partial charge on any atom is -0.453 e. The normalized spacial score (nSPS) is 22.9. The maximum atomic E-state index is 13.9. The molecule has 4 heterocycles. The van der Waals surface area contributed by atoms with Crippen LogP contribution in [0.2, 0.25) is 5.02 Å². The average molecular weight is 905 g/mol. The van der Waals surface area contributed by atoms with Gasteiger partial charge in [-0.15, -0.1) is 13.2 Å². The number of benzene rings is 2. The highest BCUT2D eigenvalue weighted by Gasteiger charge is 2.53. The summed E-state index contributed by atoms with van der Waals surface area (Å²) in [6.45, 7) is 11.7. The van der Waals surface area contributed by atoms with Crippen molar-refractivity contribution in [3.63, 3.8) is 0 Å². The Morgan fingerprint density at radius 3 is 2.33 bits per heavy atom. The standard InChI is InChI=1S/C46H52ClF3N8O6/c1-24(2)39(55-44(62)63-6)43(61)58-35(13-11-28-17-36(28)58)40-52-22-34(53-40)27-9-7-26(8-10-27)30-18-32(47)33(19-37(30)64-46(48,49)50)54-41(59)29-12-14-38(51-21-29)57-16-15-56(23-25(57)3)42(60)31-20-45(31,4)5/h7-10,12,14,18-19,21-22,24-25,28,31,35-36,39H,11,13,15-17,20,23H2,1-6H3,(H,52,53)(H,54,59)(H,55,62)/t25-,28+,31-,35+,36-,39+/m1/s1. The lowest BCUT2D eigenvalue weighted by molar-refractivity contribution is -0.274. The van der Waals surface area contributed by atoms with Gasteiger partial charge in [0.1, 0.15) is 23.4 Å². The predicted octanol–water partition coefficient (Wildman–Crippen LogP) is 8.46. The summed E-state index contributed by atoms with van der Waals surface area (Å²) in [6, 6.07) is 11.2. The van der Waals surface area contributed by atoms with Crippen LogP contribution in [-0.2, 0) is 14.3 Å². The lowest BCUT2D eigenvalue weighted by Gasteiger charge is -2.40. The molecule has 0 radical (unpaired) electrons. The zero-order chi connectivity index (χ0) is 45.8. The zero-order valence-corrected chi connectivity index (χ0v) is 37.2. The van der Waals surface area contributed by atoms with Crippen LogP contribution in [0.5, 0.6) is 5.75 Å². The number of methoxy groups -OCH3 is 1. The minimum atomic E-state index is -5.06. The summed E-state index contributed by atoms with van der Waals surface area (Å²) >= 11 is 6.62. The summed E-state index contributed by atoms with van der Waals surface area (Å²) in [5.41, 5.74) is 1.83.